The second kappa shape index (κ2) is 8.90. The lowest BCUT2D eigenvalue weighted by Crippen LogP contribution is -2.40. The first-order valence-corrected chi connectivity index (χ1v) is 10.4. The van der Waals surface area contributed by atoms with E-state index in [1.165, 1.54) is 24.3 Å². The predicted octanol–water partition coefficient (Wildman–Crippen LogP) is 3.34. The monoisotopic (exact) mass is 390 g/mol. The van der Waals surface area contributed by atoms with E-state index >= 15 is 0 Å². The Kier molecular flexibility index (Phi) is 6.85. The molecule has 2 rings (SSSR count). The normalized spacial score (nSPS) is 12.5. The first kappa shape index (κ1) is 20.8. The fourth-order valence-corrected chi connectivity index (χ4v) is 3.44. The number of carbonyl (C=O) groups is 1. The van der Waals surface area contributed by atoms with E-state index < -0.39 is 16.1 Å². The van der Waals surface area contributed by atoms with Gasteiger partial charge in [0.15, 0.2) is 6.10 Å². The number of sulfonamides is 1. The van der Waals surface area contributed by atoms with Crippen molar-refractivity contribution in [2.75, 3.05) is 4.72 Å². The van der Waals surface area contributed by atoms with Crippen LogP contribution in [-0.2, 0) is 21.2 Å². The Balaban J connectivity index is 2.05. The van der Waals surface area contributed by atoms with E-state index in [9.17, 15) is 13.2 Å². The molecule has 7 heteroatoms. The third-order valence-electron chi connectivity index (χ3n) is 3.86. The van der Waals surface area contributed by atoms with Gasteiger partial charge in [-0.2, -0.15) is 0 Å². The van der Waals surface area contributed by atoms with Crippen LogP contribution in [0, 0.1) is 0 Å². The molecule has 0 unspecified atom stereocenters. The van der Waals surface area contributed by atoms with Gasteiger partial charge >= 0.3 is 0 Å². The molecule has 1 amide bonds. The molecule has 0 fully saturated rings. The maximum Gasteiger partial charge on any atom is 0.261 e. The minimum absolute atomic E-state index is 0.0218. The molecule has 0 bridgehead atoms. The summed E-state index contributed by atoms with van der Waals surface area (Å²) in [6.45, 7) is 7.42. The van der Waals surface area contributed by atoms with Gasteiger partial charge in [-0.15, -0.1) is 0 Å². The molecule has 0 saturated heterocycles. The third kappa shape index (κ3) is 5.99. The Bertz CT molecular complexity index is 860. The second-order valence-electron chi connectivity index (χ2n) is 6.55. The fourth-order valence-electron chi connectivity index (χ4n) is 2.38. The lowest BCUT2D eigenvalue weighted by atomic mass is 10.2. The van der Waals surface area contributed by atoms with Crippen molar-refractivity contribution in [1.82, 2.24) is 5.32 Å². The van der Waals surface area contributed by atoms with Gasteiger partial charge in [-0.05, 0) is 69.2 Å². The number of ether oxygens (including phenoxy) is 1. The number of anilines is 1. The summed E-state index contributed by atoms with van der Waals surface area (Å²) in [5.41, 5.74) is 1.64. The average Bonchev–Trinajstić information content (AvgIpc) is 2.62. The minimum Gasteiger partial charge on any atom is -0.481 e. The summed E-state index contributed by atoms with van der Waals surface area (Å²) in [7, 11) is -3.70. The van der Waals surface area contributed by atoms with Crippen LogP contribution in [0.2, 0.25) is 0 Å². The highest BCUT2D eigenvalue weighted by molar-refractivity contribution is 7.92. The number of rotatable bonds is 8. The van der Waals surface area contributed by atoms with E-state index in [1.807, 2.05) is 32.9 Å². The first-order valence-electron chi connectivity index (χ1n) is 8.90. The van der Waals surface area contributed by atoms with Crippen LogP contribution in [0.15, 0.2) is 53.4 Å². The molecule has 0 aliphatic rings. The molecule has 27 heavy (non-hydrogen) atoms. The lowest BCUT2D eigenvalue weighted by molar-refractivity contribution is -0.127. The second-order valence-corrected chi connectivity index (χ2v) is 8.23. The summed E-state index contributed by atoms with van der Waals surface area (Å²) in [5, 5.41) is 2.76. The number of hydrogen-bond donors (Lipinski definition) is 2. The van der Waals surface area contributed by atoms with Crippen molar-refractivity contribution in [1.29, 1.82) is 0 Å². The maximum absolute atomic E-state index is 12.5. The predicted molar refractivity (Wildman–Crippen MR) is 106 cm³/mol. The van der Waals surface area contributed by atoms with Crippen LogP contribution in [0.4, 0.5) is 5.69 Å². The molecule has 146 valence electrons. The first-order chi connectivity index (χ1) is 12.7. The van der Waals surface area contributed by atoms with Gasteiger partial charge in [-0.1, -0.05) is 19.1 Å². The number of benzene rings is 2. The zero-order chi connectivity index (χ0) is 20.0. The van der Waals surface area contributed by atoms with Gasteiger partial charge in [-0.3, -0.25) is 9.52 Å². The van der Waals surface area contributed by atoms with E-state index in [-0.39, 0.29) is 16.8 Å². The Morgan fingerprint density at radius 1 is 1.00 bits per heavy atom. The van der Waals surface area contributed by atoms with Gasteiger partial charge in [0.2, 0.25) is 0 Å². The Morgan fingerprint density at radius 2 is 1.59 bits per heavy atom. The Morgan fingerprint density at radius 3 is 2.11 bits per heavy atom. The molecule has 0 spiro atoms. The molecule has 0 aromatic heterocycles. The van der Waals surface area contributed by atoms with Crippen molar-refractivity contribution < 1.29 is 17.9 Å². The minimum atomic E-state index is -3.70. The Labute approximate surface area is 161 Å². The molecule has 0 heterocycles. The van der Waals surface area contributed by atoms with Crippen LogP contribution in [0.1, 0.15) is 33.3 Å². The van der Waals surface area contributed by atoms with Crippen LogP contribution < -0.4 is 14.8 Å². The van der Waals surface area contributed by atoms with Gasteiger partial charge in [-0.25, -0.2) is 8.42 Å². The standard InChI is InChI=1S/C20H26N2O4S/c1-5-16-6-8-17(9-7-16)22-27(24,25)19-12-10-18(11-13-19)26-15(4)20(23)21-14(2)3/h6-15,22H,5H2,1-4H3,(H,21,23)/t15-/m0/s1. The van der Waals surface area contributed by atoms with Crippen molar-refractivity contribution in [3.8, 4) is 5.75 Å². The SMILES string of the molecule is CCc1ccc(NS(=O)(=O)c2ccc(O[C@@H](C)C(=O)NC(C)C)cc2)cc1. The van der Waals surface area contributed by atoms with Gasteiger partial charge in [0.05, 0.1) is 4.90 Å². The van der Waals surface area contributed by atoms with Crippen molar-refractivity contribution in [2.45, 2.75) is 51.2 Å². The lowest BCUT2D eigenvalue weighted by Gasteiger charge is -2.16. The summed E-state index contributed by atoms with van der Waals surface area (Å²) in [4.78, 5) is 12.0. The van der Waals surface area contributed by atoms with Crippen molar-refractivity contribution in [3.05, 3.63) is 54.1 Å². The average molecular weight is 391 g/mol. The molecule has 0 saturated carbocycles. The molecule has 6 nitrogen and oxygen atoms in total. The van der Waals surface area contributed by atoms with Crippen LogP contribution in [-0.4, -0.2) is 26.5 Å². The largest absolute Gasteiger partial charge is 0.481 e. The topological polar surface area (TPSA) is 84.5 Å². The quantitative estimate of drug-likeness (QED) is 0.724. The zero-order valence-corrected chi connectivity index (χ0v) is 16.8. The van der Waals surface area contributed by atoms with E-state index in [2.05, 4.69) is 10.0 Å². The Hall–Kier alpha value is -2.54. The van der Waals surface area contributed by atoms with Crippen molar-refractivity contribution in [2.24, 2.45) is 0 Å². The molecular weight excluding hydrogens is 364 g/mol. The van der Waals surface area contributed by atoms with Crippen LogP contribution in [0.5, 0.6) is 5.75 Å². The van der Waals surface area contributed by atoms with Crippen molar-refractivity contribution >= 4 is 21.6 Å². The number of nitrogens with one attached hydrogen (secondary N) is 2. The van der Waals surface area contributed by atoms with Gasteiger partial charge in [0.25, 0.3) is 15.9 Å². The molecule has 2 aromatic rings. The highest BCUT2D eigenvalue weighted by Gasteiger charge is 2.17. The smallest absolute Gasteiger partial charge is 0.261 e. The molecule has 0 radical (unpaired) electrons. The molecule has 2 N–H and O–H groups in total. The number of aryl methyl sites for hydroxylation is 1. The molecule has 0 aliphatic carbocycles. The molecule has 1 atom stereocenters. The highest BCUT2D eigenvalue weighted by Crippen LogP contribution is 2.20. The molecule has 0 aliphatic heterocycles. The van der Waals surface area contributed by atoms with E-state index in [1.54, 1.807) is 19.1 Å². The van der Waals surface area contributed by atoms with E-state index in [0.717, 1.165) is 12.0 Å². The highest BCUT2D eigenvalue weighted by atomic mass is 32.2. The summed E-state index contributed by atoms with van der Waals surface area (Å²) in [6.07, 6.45) is 0.215. The summed E-state index contributed by atoms with van der Waals surface area (Å²) >= 11 is 0. The van der Waals surface area contributed by atoms with E-state index in [4.69, 9.17) is 4.74 Å². The summed E-state index contributed by atoms with van der Waals surface area (Å²) in [6, 6.07) is 13.2. The maximum atomic E-state index is 12.5. The van der Waals surface area contributed by atoms with Gasteiger partial charge in [0.1, 0.15) is 5.75 Å². The molecule has 2 aromatic carbocycles. The van der Waals surface area contributed by atoms with Crippen LogP contribution in [0.3, 0.4) is 0 Å². The summed E-state index contributed by atoms with van der Waals surface area (Å²) < 4.78 is 33.1. The summed E-state index contributed by atoms with van der Waals surface area (Å²) in [5.74, 6) is 0.201. The van der Waals surface area contributed by atoms with Gasteiger partial charge < -0.3 is 10.1 Å². The number of amides is 1. The number of hydrogen-bond acceptors (Lipinski definition) is 4. The van der Waals surface area contributed by atoms with Gasteiger partial charge in [0, 0.05) is 11.7 Å². The fraction of sp³-hybridized carbons (Fsp3) is 0.350. The zero-order valence-electron chi connectivity index (χ0n) is 16.0. The third-order valence-corrected chi connectivity index (χ3v) is 5.26. The van der Waals surface area contributed by atoms with Crippen molar-refractivity contribution in [3.63, 3.8) is 0 Å². The molecular formula is C20H26N2O4S. The van der Waals surface area contributed by atoms with Crippen LogP contribution >= 0.6 is 0 Å². The van der Waals surface area contributed by atoms with Crippen LogP contribution in [0.25, 0.3) is 0 Å². The van der Waals surface area contributed by atoms with E-state index in [0.29, 0.717) is 11.4 Å². The number of carbonyl (C=O) groups excluding carboxylic acids is 1.